The van der Waals surface area contributed by atoms with Crippen LogP contribution in [0.4, 0.5) is 23.7 Å². The Labute approximate surface area is 240 Å². The number of aryl methyl sites for hydroxylation is 1. The van der Waals surface area contributed by atoms with E-state index < -0.39 is 52.0 Å². The number of anilines is 1. The number of nitrogens with zero attached hydrogens (tertiary/aromatic N) is 3. The molecule has 0 spiro atoms. The van der Waals surface area contributed by atoms with E-state index in [1.54, 1.807) is 12.1 Å². The number of ether oxygens (including phenoxy) is 4. The molecule has 3 aromatic carbocycles. The van der Waals surface area contributed by atoms with Crippen molar-refractivity contribution in [2.75, 3.05) is 19.5 Å². The molecule has 2 heterocycles. The number of hydrogen-bond acceptors (Lipinski definition) is 8. The van der Waals surface area contributed by atoms with Crippen LogP contribution in [-0.2, 0) is 7.05 Å². The second-order valence-electron chi connectivity index (χ2n) is 8.89. The Balaban J connectivity index is 1.39. The average Bonchev–Trinajstić information content (AvgIpc) is 3.00. The lowest BCUT2D eigenvalue weighted by Gasteiger charge is -2.14. The fraction of sp³-hybridized carbons (Fsp3) is 0.103. The Morgan fingerprint density at radius 3 is 2.23 bits per heavy atom. The first-order valence-corrected chi connectivity index (χ1v) is 12.3. The molecule has 14 heteroatoms. The summed E-state index contributed by atoms with van der Waals surface area (Å²) in [5.74, 6) is -3.70. The van der Waals surface area contributed by atoms with Crippen molar-refractivity contribution in [1.29, 1.82) is 0 Å². The maximum atomic E-state index is 15.0. The molecule has 0 bridgehead atoms. The summed E-state index contributed by atoms with van der Waals surface area (Å²) in [5.41, 5.74) is -2.01. The van der Waals surface area contributed by atoms with Crippen molar-refractivity contribution < 1.29 is 36.9 Å². The summed E-state index contributed by atoms with van der Waals surface area (Å²) in [7, 11) is 4.19. The number of benzene rings is 3. The third-order valence-electron chi connectivity index (χ3n) is 6.22. The van der Waals surface area contributed by atoms with E-state index >= 15 is 4.39 Å². The molecule has 0 atom stereocenters. The van der Waals surface area contributed by atoms with Gasteiger partial charge >= 0.3 is 17.3 Å². The van der Waals surface area contributed by atoms with Gasteiger partial charge in [-0.05, 0) is 48.5 Å². The fourth-order valence-electron chi connectivity index (χ4n) is 4.13. The Morgan fingerprint density at radius 1 is 0.837 bits per heavy atom. The number of amides is 1. The smallest absolute Gasteiger partial charge is 0.417 e. The van der Waals surface area contributed by atoms with Crippen molar-refractivity contribution in [2.45, 2.75) is 0 Å². The maximum Gasteiger partial charge on any atom is 0.417 e. The molecule has 1 N–H and O–H groups in total. The Hall–Kier alpha value is -5.79. The molecule has 0 fully saturated rings. The molecule has 0 saturated heterocycles. The van der Waals surface area contributed by atoms with E-state index in [4.69, 9.17) is 18.9 Å². The first-order chi connectivity index (χ1) is 20.6. The van der Waals surface area contributed by atoms with Gasteiger partial charge in [-0.3, -0.25) is 19.7 Å². The lowest BCUT2D eigenvalue weighted by molar-refractivity contribution is 0.213. The van der Waals surface area contributed by atoms with Gasteiger partial charge in [0.1, 0.15) is 11.6 Å². The van der Waals surface area contributed by atoms with Crippen LogP contribution >= 0.6 is 0 Å². The van der Waals surface area contributed by atoms with Gasteiger partial charge < -0.3 is 18.9 Å². The van der Waals surface area contributed by atoms with E-state index in [1.807, 2.05) is 5.32 Å². The van der Waals surface area contributed by atoms with Gasteiger partial charge in [-0.2, -0.15) is 4.39 Å². The second kappa shape index (κ2) is 11.6. The van der Waals surface area contributed by atoms with Gasteiger partial charge in [0.15, 0.2) is 23.1 Å². The lowest BCUT2D eigenvalue weighted by atomic mass is 10.1. The van der Waals surface area contributed by atoms with Gasteiger partial charge in [0.25, 0.3) is 0 Å². The fourth-order valence-corrected chi connectivity index (χ4v) is 4.13. The largest absolute Gasteiger partial charge is 0.493 e. The normalized spacial score (nSPS) is 10.8. The molecule has 43 heavy (non-hydrogen) atoms. The number of carbonyl (C=O) groups excluding carboxylic acids is 1. The summed E-state index contributed by atoms with van der Waals surface area (Å²) in [6.07, 6.45) is 1.00. The molecule has 0 unspecified atom stereocenters. The van der Waals surface area contributed by atoms with E-state index in [0.717, 1.165) is 35.0 Å². The molecule has 220 valence electrons. The molecule has 0 aliphatic rings. The number of rotatable bonds is 7. The van der Waals surface area contributed by atoms with Crippen LogP contribution in [0.5, 0.6) is 28.7 Å². The van der Waals surface area contributed by atoms with Gasteiger partial charge in [0.05, 0.1) is 37.3 Å². The SMILES string of the molecule is COc1cc2nccc(Oc3ccc(NC(=O)Oc4cn(C)c(=O)n(-c5ccc(F)cc5)c4=O)c(F)c3F)c2cc1OC. The van der Waals surface area contributed by atoms with Crippen molar-refractivity contribution in [3.63, 3.8) is 0 Å². The van der Waals surface area contributed by atoms with Crippen LogP contribution in [0.2, 0.25) is 0 Å². The number of pyridine rings is 1. The molecule has 0 aliphatic carbocycles. The predicted molar refractivity (Wildman–Crippen MR) is 148 cm³/mol. The molecular weight excluding hydrogens is 573 g/mol. The molecule has 5 aromatic rings. The Kier molecular flexibility index (Phi) is 7.75. The van der Waals surface area contributed by atoms with Crippen LogP contribution < -0.4 is 35.5 Å². The number of methoxy groups -OCH3 is 2. The summed E-state index contributed by atoms with van der Waals surface area (Å²) in [5, 5.41) is 2.44. The number of nitrogens with one attached hydrogen (secondary N) is 1. The first-order valence-electron chi connectivity index (χ1n) is 12.3. The van der Waals surface area contributed by atoms with Gasteiger partial charge in [-0.15, -0.1) is 0 Å². The molecular formula is C29H21F3N4O7. The summed E-state index contributed by atoms with van der Waals surface area (Å²) in [6, 6.07) is 11.2. The molecule has 5 rings (SSSR count). The summed E-state index contributed by atoms with van der Waals surface area (Å²) in [4.78, 5) is 42.2. The highest BCUT2D eigenvalue weighted by atomic mass is 19.2. The molecule has 0 radical (unpaired) electrons. The second-order valence-corrected chi connectivity index (χ2v) is 8.89. The average molecular weight is 595 g/mol. The highest BCUT2D eigenvalue weighted by molar-refractivity contribution is 5.89. The van der Waals surface area contributed by atoms with Crippen molar-refractivity contribution in [3.05, 3.63) is 105 Å². The summed E-state index contributed by atoms with van der Waals surface area (Å²) >= 11 is 0. The third kappa shape index (κ3) is 5.57. The number of fused-ring (bicyclic) bond motifs is 1. The minimum absolute atomic E-state index is 0.0149. The third-order valence-corrected chi connectivity index (χ3v) is 6.22. The highest BCUT2D eigenvalue weighted by Gasteiger charge is 2.21. The van der Waals surface area contributed by atoms with E-state index in [-0.39, 0.29) is 11.4 Å². The van der Waals surface area contributed by atoms with Crippen LogP contribution in [-0.4, -0.2) is 34.4 Å². The summed E-state index contributed by atoms with van der Waals surface area (Å²) in [6.45, 7) is 0. The predicted octanol–water partition coefficient (Wildman–Crippen LogP) is 4.92. The molecule has 11 nitrogen and oxygen atoms in total. The van der Waals surface area contributed by atoms with Crippen molar-refractivity contribution in [3.8, 4) is 34.4 Å². The zero-order valence-electron chi connectivity index (χ0n) is 22.7. The highest BCUT2D eigenvalue weighted by Crippen LogP contribution is 2.38. The van der Waals surface area contributed by atoms with E-state index in [1.165, 1.54) is 45.7 Å². The molecule has 0 aliphatic heterocycles. The van der Waals surface area contributed by atoms with Crippen LogP contribution in [0, 0.1) is 17.5 Å². The minimum Gasteiger partial charge on any atom is -0.493 e. The monoisotopic (exact) mass is 594 g/mol. The first kappa shape index (κ1) is 28.7. The quantitative estimate of drug-likeness (QED) is 0.282. The Morgan fingerprint density at radius 2 is 1.53 bits per heavy atom. The standard InChI is InChI=1S/C29H21F3N4O7/c1-35-14-24(27(37)36(29(35)39)16-6-4-15(30)5-7-16)43-28(38)34-18-8-9-21(26(32)25(18)31)42-20-10-11-33-19-13-23(41-3)22(40-2)12-17(19)20/h4-14H,1-3H3,(H,34,38). The van der Waals surface area contributed by atoms with E-state index in [9.17, 15) is 23.2 Å². The molecule has 2 aromatic heterocycles. The van der Waals surface area contributed by atoms with Gasteiger partial charge in [-0.1, -0.05) is 0 Å². The summed E-state index contributed by atoms with van der Waals surface area (Å²) < 4.78 is 66.2. The van der Waals surface area contributed by atoms with Crippen molar-refractivity contribution in [1.82, 2.24) is 14.1 Å². The van der Waals surface area contributed by atoms with Crippen molar-refractivity contribution in [2.24, 2.45) is 7.05 Å². The molecule has 1 amide bonds. The van der Waals surface area contributed by atoms with Crippen molar-refractivity contribution >= 4 is 22.7 Å². The zero-order chi connectivity index (χ0) is 30.8. The van der Waals surface area contributed by atoms with Crippen LogP contribution in [0.3, 0.4) is 0 Å². The number of carbonyl (C=O) groups is 1. The van der Waals surface area contributed by atoms with Gasteiger partial charge in [-0.25, -0.2) is 22.9 Å². The number of halogens is 3. The van der Waals surface area contributed by atoms with E-state index in [0.29, 0.717) is 27.0 Å². The van der Waals surface area contributed by atoms with Crippen LogP contribution in [0.25, 0.3) is 16.6 Å². The van der Waals surface area contributed by atoms with E-state index in [2.05, 4.69) is 4.98 Å². The lowest BCUT2D eigenvalue weighted by Crippen LogP contribution is -2.38. The minimum atomic E-state index is -1.48. The van der Waals surface area contributed by atoms with Gasteiger partial charge in [0, 0.05) is 24.7 Å². The number of hydrogen-bond donors (Lipinski definition) is 1. The number of aromatic nitrogens is 3. The van der Waals surface area contributed by atoms with Gasteiger partial charge in [0.2, 0.25) is 11.6 Å². The maximum absolute atomic E-state index is 15.0. The van der Waals surface area contributed by atoms with Crippen LogP contribution in [0.1, 0.15) is 0 Å². The van der Waals surface area contributed by atoms with Crippen LogP contribution in [0.15, 0.2) is 76.6 Å². The molecule has 0 saturated carbocycles. The Bertz CT molecular complexity index is 1990. The topological polar surface area (TPSA) is 123 Å². The zero-order valence-corrected chi connectivity index (χ0v) is 22.7.